The Kier molecular flexibility index (Phi) is 13.1. The van der Waals surface area contributed by atoms with Gasteiger partial charge in [-0.2, -0.15) is 0 Å². The standard InChI is InChI=1S/C42H57N5O7/c1-9-26-22(3)30-19-32-24(5)28(16-17-37(48)49)41(46-32)29(18-39(51)53-8)42-40(36(54-43)14-12-11-13-15-38(50)52-7)25(6)33(47-42)21-35-27(10-2)23(4)31(45-35)20-34(26)44-30/h19-21,24,28,36,44-47H,9-18,43H2,1-8H3,(H,48,49)/t24-,28-,36?/m0/s1. The van der Waals surface area contributed by atoms with Crippen molar-refractivity contribution in [1.82, 2.24) is 20.3 Å². The number of carbonyl (C=O) groups excluding carboxylic acids is 2. The van der Waals surface area contributed by atoms with E-state index in [9.17, 15) is 19.5 Å². The number of esters is 2. The molecule has 0 aliphatic carbocycles. The van der Waals surface area contributed by atoms with Crippen LogP contribution in [0.4, 0.5) is 0 Å². The van der Waals surface area contributed by atoms with Crippen molar-refractivity contribution in [3.8, 4) is 0 Å². The lowest BCUT2D eigenvalue weighted by atomic mass is 9.85. The van der Waals surface area contributed by atoms with E-state index in [1.54, 1.807) is 0 Å². The molecule has 54 heavy (non-hydrogen) atoms. The van der Waals surface area contributed by atoms with E-state index in [-0.39, 0.29) is 30.6 Å². The number of aromatic amines is 3. The quantitative estimate of drug-likeness (QED) is 0.0638. The van der Waals surface area contributed by atoms with Gasteiger partial charge in [-0.05, 0) is 98.9 Å². The van der Waals surface area contributed by atoms with E-state index in [2.05, 4.69) is 73.1 Å². The Balaban J connectivity index is 1.83. The Morgan fingerprint density at radius 3 is 2.15 bits per heavy atom. The summed E-state index contributed by atoms with van der Waals surface area (Å²) in [6.45, 7) is 12.7. The van der Waals surface area contributed by atoms with Gasteiger partial charge < -0.3 is 34.8 Å². The number of nitrogens with two attached hydrogens (primary N) is 1. The Bertz CT molecular complexity index is 2080. The van der Waals surface area contributed by atoms with Crippen LogP contribution in [0, 0.1) is 32.6 Å². The Hall–Kier alpha value is -4.81. The topological polar surface area (TPSA) is 185 Å². The van der Waals surface area contributed by atoms with Gasteiger partial charge in [0.05, 0.1) is 26.3 Å². The first kappa shape index (κ1) is 40.4. The van der Waals surface area contributed by atoms with Gasteiger partial charge in [-0.3, -0.25) is 19.2 Å². The highest BCUT2D eigenvalue weighted by atomic mass is 16.6. The molecule has 5 heterocycles. The SMILES string of the molecule is CCc1c2[nH]c(c1C)C=C1NC(=C(CC(=O)OC)c3[nH]c(c(C)c3C(CCCCCC(=O)OC)ON)C=c3[nH]c(c(C)c3CC)=C2)[C@@H](CCC(=O)O)[C@@H]1C. The van der Waals surface area contributed by atoms with Gasteiger partial charge in [-0.25, -0.2) is 5.90 Å². The molecule has 12 heteroatoms. The summed E-state index contributed by atoms with van der Waals surface area (Å²) < 4.78 is 10.1. The predicted octanol–water partition coefficient (Wildman–Crippen LogP) is 5.78. The third-order valence-corrected chi connectivity index (χ3v) is 11.5. The zero-order valence-corrected chi connectivity index (χ0v) is 33.0. The number of unbranched alkanes of at least 4 members (excludes halogenated alkanes) is 2. The fourth-order valence-corrected chi connectivity index (χ4v) is 8.32. The second-order valence-corrected chi connectivity index (χ2v) is 14.6. The molecule has 0 aromatic carbocycles. The van der Waals surface area contributed by atoms with E-state index in [1.165, 1.54) is 30.9 Å². The summed E-state index contributed by atoms with van der Waals surface area (Å²) in [5.41, 5.74) is 12.4. The first-order valence-electron chi connectivity index (χ1n) is 19.1. The minimum atomic E-state index is -0.885. The zero-order valence-electron chi connectivity index (χ0n) is 33.0. The van der Waals surface area contributed by atoms with Crippen LogP contribution >= 0.6 is 0 Å². The van der Waals surface area contributed by atoms with Gasteiger partial charge in [0.2, 0.25) is 0 Å². The molecule has 292 valence electrons. The van der Waals surface area contributed by atoms with Crippen molar-refractivity contribution in [3.05, 3.63) is 78.2 Å². The smallest absolute Gasteiger partial charge is 0.310 e. The molecule has 7 N–H and O–H groups in total. The molecule has 1 saturated heterocycles. The number of fused-ring (bicyclic) bond motifs is 8. The summed E-state index contributed by atoms with van der Waals surface area (Å²) >= 11 is 0. The monoisotopic (exact) mass is 743 g/mol. The van der Waals surface area contributed by atoms with Gasteiger partial charge in [0.1, 0.15) is 6.10 Å². The molecule has 1 unspecified atom stereocenters. The van der Waals surface area contributed by atoms with Crippen molar-refractivity contribution in [2.45, 2.75) is 112 Å². The van der Waals surface area contributed by atoms with Crippen molar-refractivity contribution < 1.29 is 33.8 Å². The number of allylic oxidation sites excluding steroid dienone is 2. The molecule has 5 rings (SSSR count). The Labute approximate surface area is 317 Å². The highest BCUT2D eigenvalue weighted by Gasteiger charge is 2.37. The van der Waals surface area contributed by atoms with Crippen LogP contribution in [0.5, 0.6) is 0 Å². The van der Waals surface area contributed by atoms with Crippen LogP contribution in [-0.4, -0.2) is 52.2 Å². The van der Waals surface area contributed by atoms with E-state index in [4.69, 9.17) is 20.2 Å². The second-order valence-electron chi connectivity index (χ2n) is 14.6. The molecule has 0 amide bonds. The number of rotatable bonds is 15. The fourth-order valence-electron chi connectivity index (χ4n) is 8.32. The molecule has 12 nitrogen and oxygen atoms in total. The molecule has 3 aromatic heterocycles. The maximum absolute atomic E-state index is 13.3. The lowest BCUT2D eigenvalue weighted by molar-refractivity contribution is -0.141. The molecule has 0 spiro atoms. The summed E-state index contributed by atoms with van der Waals surface area (Å²) in [5.74, 6) is 4.21. The first-order chi connectivity index (χ1) is 25.9. The summed E-state index contributed by atoms with van der Waals surface area (Å²) in [5, 5.41) is 15.5. The average molecular weight is 744 g/mol. The van der Waals surface area contributed by atoms with Gasteiger partial charge >= 0.3 is 17.9 Å². The molecule has 0 radical (unpaired) electrons. The van der Waals surface area contributed by atoms with E-state index in [0.29, 0.717) is 37.0 Å². The molecule has 8 bridgehead atoms. The number of methoxy groups -OCH3 is 2. The molecule has 3 atom stereocenters. The van der Waals surface area contributed by atoms with Crippen LogP contribution in [0.15, 0.2) is 11.4 Å². The number of H-pyrrole nitrogens is 3. The van der Waals surface area contributed by atoms with Crippen molar-refractivity contribution in [2.75, 3.05) is 14.2 Å². The van der Waals surface area contributed by atoms with E-state index in [0.717, 1.165) is 81.5 Å². The molecule has 1 fully saturated rings. The summed E-state index contributed by atoms with van der Waals surface area (Å²) in [6, 6.07) is 0. The van der Waals surface area contributed by atoms with Crippen molar-refractivity contribution >= 4 is 41.7 Å². The van der Waals surface area contributed by atoms with Crippen molar-refractivity contribution in [3.63, 3.8) is 0 Å². The van der Waals surface area contributed by atoms with Crippen LogP contribution in [-0.2, 0) is 41.5 Å². The predicted molar refractivity (Wildman–Crippen MR) is 209 cm³/mol. The van der Waals surface area contributed by atoms with Crippen LogP contribution in [0.2, 0.25) is 0 Å². The van der Waals surface area contributed by atoms with Crippen LogP contribution in [0.3, 0.4) is 0 Å². The third kappa shape index (κ3) is 8.29. The highest BCUT2D eigenvalue weighted by Crippen LogP contribution is 2.44. The maximum Gasteiger partial charge on any atom is 0.310 e. The summed E-state index contributed by atoms with van der Waals surface area (Å²) in [7, 11) is 2.76. The highest BCUT2D eigenvalue weighted by molar-refractivity contribution is 5.88. The van der Waals surface area contributed by atoms with E-state index >= 15 is 0 Å². The van der Waals surface area contributed by atoms with Crippen LogP contribution in [0.1, 0.15) is 134 Å². The van der Waals surface area contributed by atoms with Crippen LogP contribution < -0.4 is 21.9 Å². The number of nitrogens with one attached hydrogen (secondary N) is 4. The van der Waals surface area contributed by atoms with E-state index < -0.39 is 18.0 Å². The minimum Gasteiger partial charge on any atom is -0.481 e. The number of carbonyl (C=O) groups is 3. The zero-order chi connectivity index (χ0) is 39.3. The molecular formula is C42H57N5O7. The number of hydrogen-bond acceptors (Lipinski definition) is 8. The van der Waals surface area contributed by atoms with Crippen molar-refractivity contribution in [1.29, 1.82) is 0 Å². The lowest BCUT2D eigenvalue weighted by Gasteiger charge is -2.22. The minimum absolute atomic E-state index is 0.0383. The van der Waals surface area contributed by atoms with Crippen LogP contribution in [0.25, 0.3) is 23.8 Å². The van der Waals surface area contributed by atoms with E-state index in [1.807, 2.05) is 6.92 Å². The molecule has 0 saturated carbocycles. The second kappa shape index (κ2) is 17.6. The maximum atomic E-state index is 13.3. The van der Waals surface area contributed by atoms with Gasteiger partial charge in [-0.1, -0.05) is 33.6 Å². The number of aliphatic carboxylic acids is 1. The molecule has 3 aromatic rings. The summed E-state index contributed by atoms with van der Waals surface area (Å²) in [4.78, 5) is 53.9. The number of ether oxygens (including phenoxy) is 2. The van der Waals surface area contributed by atoms with Crippen molar-refractivity contribution in [2.24, 2.45) is 17.7 Å². The number of carboxylic acids is 1. The normalized spacial score (nSPS) is 17.0. The Morgan fingerprint density at radius 2 is 1.50 bits per heavy atom. The van der Waals surface area contributed by atoms with Gasteiger partial charge in [0, 0.05) is 75.0 Å². The number of aromatic nitrogens is 3. The number of carboxylic acid groups (broad SMARTS) is 1. The first-order valence-corrected chi connectivity index (χ1v) is 19.1. The van der Waals surface area contributed by atoms with Gasteiger partial charge in [0.25, 0.3) is 0 Å². The Morgan fingerprint density at radius 1 is 0.815 bits per heavy atom. The third-order valence-electron chi connectivity index (χ3n) is 11.5. The number of hydrogen-bond donors (Lipinski definition) is 6. The molecular weight excluding hydrogens is 686 g/mol. The lowest BCUT2D eigenvalue weighted by Crippen LogP contribution is -2.17. The molecule has 2 aliphatic heterocycles. The average Bonchev–Trinajstić information content (AvgIpc) is 3.83. The summed E-state index contributed by atoms with van der Waals surface area (Å²) in [6.07, 6.45) is 10.9. The molecule has 2 aliphatic rings. The van der Waals surface area contributed by atoms with Gasteiger partial charge in [0.15, 0.2) is 0 Å². The largest absolute Gasteiger partial charge is 0.481 e. The van der Waals surface area contributed by atoms with Gasteiger partial charge in [-0.15, -0.1) is 0 Å². The fraction of sp³-hybridized carbons (Fsp3) is 0.500.